The van der Waals surface area contributed by atoms with Gasteiger partial charge in [-0.2, -0.15) is 4.31 Å². The minimum Gasteiger partial charge on any atom is -0.481 e. The summed E-state index contributed by atoms with van der Waals surface area (Å²) in [5, 5.41) is 8.75. The van der Waals surface area contributed by atoms with Crippen LogP contribution in [0.1, 0.15) is 13.3 Å². The minimum atomic E-state index is -3.88. The lowest BCUT2D eigenvalue weighted by molar-refractivity contribution is -0.140. The van der Waals surface area contributed by atoms with Gasteiger partial charge in [-0.1, -0.05) is 0 Å². The van der Waals surface area contributed by atoms with Crippen LogP contribution < -0.4 is 0 Å². The smallest absolute Gasteiger partial charge is 0.322 e. The van der Waals surface area contributed by atoms with Crippen molar-refractivity contribution in [3.8, 4) is 0 Å². The molecule has 0 amide bonds. The third kappa shape index (κ3) is 4.77. The quantitative estimate of drug-likeness (QED) is 0.629. The van der Waals surface area contributed by atoms with Crippen LogP contribution in [0.2, 0.25) is 0 Å². The molecule has 0 aliphatic carbocycles. The minimum absolute atomic E-state index is 0.00829. The highest BCUT2D eigenvalue weighted by atomic mass is 32.2. The molecule has 1 atom stereocenters. The predicted octanol–water partition coefficient (Wildman–Crippen LogP) is -0.945. The Morgan fingerprint density at radius 3 is 2.74 bits per heavy atom. The Hall–Kier alpha value is -1.19. The van der Waals surface area contributed by atoms with E-state index in [1.54, 1.807) is 6.92 Å². The molecular weight excluding hydrogens is 278 g/mol. The second kappa shape index (κ2) is 6.83. The molecule has 1 N–H and O–H groups in total. The summed E-state index contributed by atoms with van der Waals surface area (Å²) >= 11 is 0. The molecule has 110 valence electrons. The molecule has 1 rings (SSSR count). The Kier molecular flexibility index (Phi) is 5.70. The molecule has 9 heteroatoms. The number of carbonyl (C=O) groups excluding carboxylic acids is 1. The summed E-state index contributed by atoms with van der Waals surface area (Å²) in [5.41, 5.74) is 0. The fraction of sp³-hybridized carbons (Fsp3) is 0.800. The van der Waals surface area contributed by atoms with Gasteiger partial charge in [-0.25, -0.2) is 8.42 Å². The first-order valence-corrected chi connectivity index (χ1v) is 7.42. The maximum Gasteiger partial charge on any atom is 0.322 e. The fourth-order valence-corrected chi connectivity index (χ4v) is 3.29. The van der Waals surface area contributed by atoms with E-state index in [4.69, 9.17) is 9.84 Å². The van der Waals surface area contributed by atoms with Gasteiger partial charge in [0.2, 0.25) is 10.0 Å². The van der Waals surface area contributed by atoms with Crippen molar-refractivity contribution in [2.45, 2.75) is 19.4 Å². The molecule has 1 fully saturated rings. The van der Waals surface area contributed by atoms with Crippen LogP contribution in [-0.4, -0.2) is 67.9 Å². The summed E-state index contributed by atoms with van der Waals surface area (Å²) in [6, 6.07) is -0.786. The number of ether oxygens (including phenoxy) is 2. The van der Waals surface area contributed by atoms with Gasteiger partial charge in [-0.3, -0.25) is 9.59 Å². The monoisotopic (exact) mass is 295 g/mol. The maximum absolute atomic E-state index is 12.0. The van der Waals surface area contributed by atoms with Gasteiger partial charge >= 0.3 is 11.9 Å². The summed E-state index contributed by atoms with van der Waals surface area (Å²) in [6.45, 7) is 1.90. The fourth-order valence-electron chi connectivity index (χ4n) is 1.80. The molecule has 0 spiro atoms. The van der Waals surface area contributed by atoms with Crippen LogP contribution in [0.4, 0.5) is 0 Å². The zero-order valence-corrected chi connectivity index (χ0v) is 11.4. The van der Waals surface area contributed by atoms with E-state index in [0.29, 0.717) is 0 Å². The first kappa shape index (κ1) is 15.9. The molecule has 0 aromatic rings. The number of carbonyl (C=O) groups is 2. The van der Waals surface area contributed by atoms with Crippen LogP contribution in [0.3, 0.4) is 0 Å². The average molecular weight is 295 g/mol. The maximum atomic E-state index is 12.0. The second-order valence-corrected chi connectivity index (χ2v) is 5.92. The SMILES string of the molecule is CCOC(=O)CS(=O)(=O)N1CCOCC1CC(=O)O. The molecule has 0 aromatic carbocycles. The Morgan fingerprint density at radius 2 is 2.16 bits per heavy atom. The van der Waals surface area contributed by atoms with Crippen molar-refractivity contribution < 1.29 is 32.6 Å². The number of hydrogen-bond acceptors (Lipinski definition) is 6. The molecule has 0 saturated carbocycles. The molecule has 1 saturated heterocycles. The number of carboxylic acid groups (broad SMARTS) is 1. The van der Waals surface area contributed by atoms with E-state index < -0.39 is 33.8 Å². The van der Waals surface area contributed by atoms with E-state index in [-0.39, 0.29) is 32.8 Å². The third-order valence-electron chi connectivity index (χ3n) is 2.55. The standard InChI is InChI=1S/C10H17NO7S/c1-2-18-10(14)7-19(15,16)11-3-4-17-6-8(11)5-9(12)13/h8H,2-7H2,1H3,(H,12,13). The van der Waals surface area contributed by atoms with Crippen molar-refractivity contribution in [2.24, 2.45) is 0 Å². The van der Waals surface area contributed by atoms with Gasteiger partial charge in [-0.15, -0.1) is 0 Å². The third-order valence-corrected chi connectivity index (χ3v) is 4.34. The number of hydrogen-bond donors (Lipinski definition) is 1. The molecule has 1 aliphatic rings. The molecule has 0 aromatic heterocycles. The summed E-state index contributed by atoms with van der Waals surface area (Å²) in [6.07, 6.45) is -0.359. The Morgan fingerprint density at radius 1 is 1.47 bits per heavy atom. The number of sulfonamides is 1. The molecule has 0 radical (unpaired) electrons. The molecule has 8 nitrogen and oxygen atoms in total. The number of morpholine rings is 1. The van der Waals surface area contributed by atoms with Crippen LogP contribution in [0, 0.1) is 0 Å². The largest absolute Gasteiger partial charge is 0.481 e. The van der Waals surface area contributed by atoms with Crippen LogP contribution in [0.5, 0.6) is 0 Å². The van der Waals surface area contributed by atoms with Crippen LogP contribution in [0.15, 0.2) is 0 Å². The van der Waals surface area contributed by atoms with E-state index in [1.807, 2.05) is 0 Å². The molecule has 0 bridgehead atoms. The van der Waals surface area contributed by atoms with Gasteiger partial charge in [0.15, 0.2) is 5.75 Å². The van der Waals surface area contributed by atoms with Crippen molar-refractivity contribution in [1.82, 2.24) is 4.31 Å². The highest BCUT2D eigenvalue weighted by Crippen LogP contribution is 2.16. The van der Waals surface area contributed by atoms with E-state index in [0.717, 1.165) is 4.31 Å². The lowest BCUT2D eigenvalue weighted by atomic mass is 10.2. The van der Waals surface area contributed by atoms with Crippen molar-refractivity contribution in [2.75, 3.05) is 32.1 Å². The van der Waals surface area contributed by atoms with Crippen molar-refractivity contribution in [3.63, 3.8) is 0 Å². The summed E-state index contributed by atoms with van der Waals surface area (Å²) in [7, 11) is -3.88. The Balaban J connectivity index is 2.77. The lowest BCUT2D eigenvalue weighted by Gasteiger charge is -2.33. The average Bonchev–Trinajstić information content (AvgIpc) is 2.28. The van der Waals surface area contributed by atoms with Gasteiger partial charge in [0.25, 0.3) is 0 Å². The van der Waals surface area contributed by atoms with Crippen LogP contribution in [-0.2, 0) is 29.1 Å². The molecular formula is C10H17NO7S. The lowest BCUT2D eigenvalue weighted by Crippen LogP contribution is -2.51. The van der Waals surface area contributed by atoms with Crippen molar-refractivity contribution >= 4 is 22.0 Å². The van der Waals surface area contributed by atoms with Gasteiger partial charge in [0.1, 0.15) is 0 Å². The van der Waals surface area contributed by atoms with Gasteiger partial charge in [0, 0.05) is 6.54 Å². The zero-order valence-electron chi connectivity index (χ0n) is 10.6. The van der Waals surface area contributed by atoms with Crippen molar-refractivity contribution in [1.29, 1.82) is 0 Å². The van der Waals surface area contributed by atoms with Crippen LogP contribution in [0.25, 0.3) is 0 Å². The van der Waals surface area contributed by atoms with Crippen molar-refractivity contribution in [3.05, 3.63) is 0 Å². The summed E-state index contributed by atoms with van der Waals surface area (Å²) in [4.78, 5) is 22.0. The molecule has 1 unspecified atom stereocenters. The Labute approximate surface area is 111 Å². The summed E-state index contributed by atoms with van der Waals surface area (Å²) < 4.78 is 34.8. The second-order valence-electron chi connectivity index (χ2n) is 4.00. The molecule has 1 aliphatic heterocycles. The zero-order chi connectivity index (χ0) is 14.5. The first-order chi connectivity index (χ1) is 8.86. The highest BCUT2D eigenvalue weighted by Gasteiger charge is 2.35. The number of esters is 1. The normalized spacial score (nSPS) is 21.0. The summed E-state index contributed by atoms with van der Waals surface area (Å²) in [5.74, 6) is -2.74. The first-order valence-electron chi connectivity index (χ1n) is 5.81. The van der Waals surface area contributed by atoms with Crippen LogP contribution >= 0.6 is 0 Å². The molecule has 19 heavy (non-hydrogen) atoms. The predicted molar refractivity (Wildman–Crippen MR) is 64.0 cm³/mol. The number of nitrogens with zero attached hydrogens (tertiary/aromatic N) is 1. The van der Waals surface area contributed by atoms with E-state index in [9.17, 15) is 18.0 Å². The number of aliphatic carboxylic acids is 1. The topological polar surface area (TPSA) is 110 Å². The Bertz CT molecular complexity index is 433. The van der Waals surface area contributed by atoms with E-state index in [1.165, 1.54) is 0 Å². The molecule has 1 heterocycles. The number of carboxylic acids is 1. The number of rotatable bonds is 6. The van der Waals surface area contributed by atoms with Gasteiger partial charge in [0.05, 0.1) is 32.3 Å². The highest BCUT2D eigenvalue weighted by molar-refractivity contribution is 7.89. The van der Waals surface area contributed by atoms with E-state index >= 15 is 0 Å². The van der Waals surface area contributed by atoms with E-state index in [2.05, 4.69) is 4.74 Å². The van der Waals surface area contributed by atoms with Gasteiger partial charge < -0.3 is 14.6 Å². The van der Waals surface area contributed by atoms with Gasteiger partial charge in [-0.05, 0) is 6.92 Å².